The molecule has 0 spiro atoms. The Hall–Kier alpha value is -3.10. The molecule has 0 amide bonds. The molecule has 0 fully saturated rings. The number of H-pyrrole nitrogens is 1. The summed E-state index contributed by atoms with van der Waals surface area (Å²) >= 11 is 0. The van der Waals surface area contributed by atoms with Crippen molar-refractivity contribution in [3.05, 3.63) is 63.8 Å². The van der Waals surface area contributed by atoms with Gasteiger partial charge >= 0.3 is 0 Å². The van der Waals surface area contributed by atoms with E-state index in [1.165, 1.54) is 0 Å². The van der Waals surface area contributed by atoms with E-state index >= 15 is 0 Å². The Kier molecular flexibility index (Phi) is 4.52. The molecule has 1 aromatic heterocycles. The average Bonchev–Trinajstić information content (AvgIpc) is 3.09. The molecule has 1 aliphatic rings. The fourth-order valence-corrected chi connectivity index (χ4v) is 4.40. The first-order valence-corrected chi connectivity index (χ1v) is 10.1. The highest BCUT2D eigenvalue weighted by Gasteiger charge is 2.40. The second-order valence-corrected chi connectivity index (χ2v) is 9.22. The smallest absolute Gasteiger partial charge is 0.195 e. The number of rotatable bonds is 4. The van der Waals surface area contributed by atoms with Crippen LogP contribution in [-0.4, -0.2) is 28.6 Å². The van der Waals surface area contributed by atoms with Crippen molar-refractivity contribution in [2.24, 2.45) is 0 Å². The monoisotopic (exact) mass is 402 g/mol. The SMILES string of the molecule is COc1cc2c(cc1CCC(C)(C)O)C(=O)c1c([nH]c3cc(C#N)ccc13)C2(C)C. The molecular formula is C25H26N2O3. The van der Waals surface area contributed by atoms with Gasteiger partial charge in [0.1, 0.15) is 5.75 Å². The van der Waals surface area contributed by atoms with E-state index in [-0.39, 0.29) is 5.78 Å². The number of ether oxygens (including phenoxy) is 1. The van der Waals surface area contributed by atoms with Gasteiger partial charge in [0, 0.05) is 27.6 Å². The van der Waals surface area contributed by atoms with Crippen molar-refractivity contribution < 1.29 is 14.6 Å². The highest BCUT2D eigenvalue weighted by atomic mass is 16.5. The summed E-state index contributed by atoms with van der Waals surface area (Å²) < 4.78 is 5.64. The maximum absolute atomic E-state index is 13.6. The zero-order chi connectivity index (χ0) is 21.8. The van der Waals surface area contributed by atoms with E-state index in [4.69, 9.17) is 4.74 Å². The van der Waals surface area contributed by atoms with Crippen LogP contribution in [0.1, 0.15) is 72.4 Å². The first-order chi connectivity index (χ1) is 14.1. The van der Waals surface area contributed by atoms with Crippen LogP contribution in [0.25, 0.3) is 10.9 Å². The van der Waals surface area contributed by atoms with E-state index in [9.17, 15) is 15.2 Å². The molecule has 0 aliphatic heterocycles. The topological polar surface area (TPSA) is 86.1 Å². The van der Waals surface area contributed by atoms with Gasteiger partial charge in [0.05, 0.1) is 29.9 Å². The number of carbonyl (C=O) groups excluding carboxylic acids is 1. The van der Waals surface area contributed by atoms with E-state index in [0.29, 0.717) is 29.5 Å². The van der Waals surface area contributed by atoms with Crippen LogP contribution in [0, 0.1) is 11.3 Å². The summed E-state index contributed by atoms with van der Waals surface area (Å²) in [5.74, 6) is 0.702. The fourth-order valence-electron chi connectivity index (χ4n) is 4.40. The van der Waals surface area contributed by atoms with Crippen LogP contribution in [0.2, 0.25) is 0 Å². The van der Waals surface area contributed by atoms with Crippen LogP contribution in [0.4, 0.5) is 0 Å². The van der Waals surface area contributed by atoms with Crippen LogP contribution in [0.15, 0.2) is 30.3 Å². The average molecular weight is 402 g/mol. The third-order valence-electron chi connectivity index (χ3n) is 6.12. The summed E-state index contributed by atoms with van der Waals surface area (Å²) in [4.78, 5) is 17.0. The maximum atomic E-state index is 13.6. The Balaban J connectivity index is 1.91. The normalized spacial score (nSPS) is 14.9. The third kappa shape index (κ3) is 3.09. The minimum absolute atomic E-state index is 0.0255. The second kappa shape index (κ2) is 6.72. The molecule has 2 N–H and O–H groups in total. The van der Waals surface area contributed by atoms with Gasteiger partial charge in [-0.1, -0.05) is 19.9 Å². The van der Waals surface area contributed by atoms with Crippen LogP contribution in [0.5, 0.6) is 5.75 Å². The lowest BCUT2D eigenvalue weighted by atomic mass is 9.70. The number of fused-ring (bicyclic) bond motifs is 4. The van der Waals surface area contributed by atoms with Gasteiger partial charge in [-0.15, -0.1) is 0 Å². The van der Waals surface area contributed by atoms with Gasteiger partial charge in [-0.3, -0.25) is 4.79 Å². The first-order valence-electron chi connectivity index (χ1n) is 10.1. The van der Waals surface area contributed by atoms with Gasteiger partial charge in [-0.25, -0.2) is 0 Å². The fraction of sp³-hybridized carbons (Fsp3) is 0.360. The van der Waals surface area contributed by atoms with Gasteiger partial charge < -0.3 is 14.8 Å². The summed E-state index contributed by atoms with van der Waals surface area (Å²) in [6.45, 7) is 7.74. The molecule has 5 nitrogen and oxygen atoms in total. The lowest BCUT2D eigenvalue weighted by Crippen LogP contribution is -2.30. The van der Waals surface area contributed by atoms with Gasteiger partial charge in [0.2, 0.25) is 0 Å². The van der Waals surface area contributed by atoms with Gasteiger partial charge in [0.15, 0.2) is 5.78 Å². The molecular weight excluding hydrogens is 376 g/mol. The molecule has 0 atom stereocenters. The van der Waals surface area contributed by atoms with E-state index < -0.39 is 11.0 Å². The molecule has 3 aromatic rings. The molecule has 1 aliphatic carbocycles. The predicted molar refractivity (Wildman–Crippen MR) is 116 cm³/mol. The number of methoxy groups -OCH3 is 1. The minimum atomic E-state index is -0.799. The largest absolute Gasteiger partial charge is 0.496 e. The number of nitrogens with zero attached hydrogens (tertiary/aromatic N) is 1. The number of nitrogens with one attached hydrogen (secondary N) is 1. The molecule has 0 radical (unpaired) electrons. The number of aryl methyl sites for hydroxylation is 1. The summed E-state index contributed by atoms with van der Waals surface area (Å²) in [5, 5.41) is 20.2. The number of nitriles is 1. The first kappa shape index (κ1) is 20.2. The number of hydrogen-bond acceptors (Lipinski definition) is 4. The predicted octanol–water partition coefficient (Wildman–Crippen LogP) is 4.62. The number of benzene rings is 2. The molecule has 5 heteroatoms. The van der Waals surface area contributed by atoms with Crippen molar-refractivity contribution in [1.29, 1.82) is 5.26 Å². The zero-order valence-electron chi connectivity index (χ0n) is 18.0. The van der Waals surface area contributed by atoms with Crippen LogP contribution >= 0.6 is 0 Å². The van der Waals surface area contributed by atoms with Gasteiger partial charge in [-0.05, 0) is 62.1 Å². The van der Waals surface area contributed by atoms with Crippen LogP contribution in [-0.2, 0) is 11.8 Å². The van der Waals surface area contributed by atoms with E-state index in [0.717, 1.165) is 33.5 Å². The Morgan fingerprint density at radius 3 is 2.60 bits per heavy atom. The number of hydrogen-bond donors (Lipinski definition) is 2. The Morgan fingerprint density at radius 1 is 1.23 bits per heavy atom. The van der Waals surface area contributed by atoms with Crippen LogP contribution < -0.4 is 4.74 Å². The number of aromatic amines is 1. The number of carbonyl (C=O) groups is 1. The van der Waals surface area contributed by atoms with E-state index in [1.54, 1.807) is 33.1 Å². The summed E-state index contributed by atoms with van der Waals surface area (Å²) in [6, 6.07) is 11.4. The molecule has 1 heterocycles. The number of aliphatic hydroxyl groups is 1. The van der Waals surface area contributed by atoms with E-state index in [1.807, 2.05) is 18.2 Å². The standard InChI is InChI=1S/C25H26N2O3/c1-24(2,29)9-8-15-11-17-18(12-20(15)30-5)25(3,4)23-21(22(17)28)16-7-6-14(13-26)10-19(16)27-23/h6-7,10-12,27,29H,8-9H2,1-5H3. The third-order valence-corrected chi connectivity index (χ3v) is 6.12. The summed E-state index contributed by atoms with van der Waals surface area (Å²) in [5.41, 5.74) is 4.14. The van der Waals surface area contributed by atoms with Crippen LogP contribution in [0.3, 0.4) is 0 Å². The molecule has 30 heavy (non-hydrogen) atoms. The molecule has 0 saturated heterocycles. The molecule has 0 bridgehead atoms. The van der Waals surface area contributed by atoms with Crippen molar-refractivity contribution in [2.75, 3.05) is 7.11 Å². The number of ketones is 1. The Labute approximate surface area is 176 Å². The lowest BCUT2D eigenvalue weighted by Gasteiger charge is -2.33. The van der Waals surface area contributed by atoms with E-state index in [2.05, 4.69) is 24.9 Å². The quantitative estimate of drug-likeness (QED) is 0.667. The summed E-state index contributed by atoms with van der Waals surface area (Å²) in [6.07, 6.45) is 1.18. The van der Waals surface area contributed by atoms with Crippen molar-refractivity contribution in [1.82, 2.24) is 4.98 Å². The minimum Gasteiger partial charge on any atom is -0.496 e. The second-order valence-electron chi connectivity index (χ2n) is 9.22. The highest BCUT2D eigenvalue weighted by Crippen LogP contribution is 2.45. The zero-order valence-corrected chi connectivity index (χ0v) is 18.0. The van der Waals surface area contributed by atoms with Crippen molar-refractivity contribution in [3.8, 4) is 11.8 Å². The van der Waals surface area contributed by atoms with Gasteiger partial charge in [-0.2, -0.15) is 5.26 Å². The summed E-state index contributed by atoms with van der Waals surface area (Å²) in [7, 11) is 1.63. The molecule has 0 unspecified atom stereocenters. The molecule has 4 rings (SSSR count). The Morgan fingerprint density at radius 2 is 1.97 bits per heavy atom. The van der Waals surface area contributed by atoms with Crippen molar-refractivity contribution in [3.63, 3.8) is 0 Å². The molecule has 0 saturated carbocycles. The van der Waals surface area contributed by atoms with Crippen molar-refractivity contribution >= 4 is 16.7 Å². The number of aromatic nitrogens is 1. The lowest BCUT2D eigenvalue weighted by molar-refractivity contribution is 0.0712. The highest BCUT2D eigenvalue weighted by molar-refractivity contribution is 6.20. The molecule has 154 valence electrons. The van der Waals surface area contributed by atoms with Crippen molar-refractivity contribution in [2.45, 2.75) is 51.6 Å². The van der Waals surface area contributed by atoms with Gasteiger partial charge in [0.25, 0.3) is 0 Å². The maximum Gasteiger partial charge on any atom is 0.195 e. The Bertz CT molecular complexity index is 1220. The molecule has 2 aromatic carbocycles.